The van der Waals surface area contributed by atoms with Crippen molar-refractivity contribution < 1.29 is 0 Å². The van der Waals surface area contributed by atoms with Gasteiger partial charge >= 0.3 is 0 Å². The van der Waals surface area contributed by atoms with E-state index < -0.39 is 0 Å². The number of hydrogen-bond acceptors (Lipinski definition) is 3. The lowest BCUT2D eigenvalue weighted by Gasteiger charge is -2.16. The molecule has 4 heteroatoms. The molecule has 0 aliphatic rings. The molecule has 0 N–H and O–H groups in total. The Kier molecular flexibility index (Phi) is 8.12. The van der Waals surface area contributed by atoms with Gasteiger partial charge in [-0.1, -0.05) is 176 Å². The second-order valence-electron chi connectivity index (χ2n) is 13.7. The van der Waals surface area contributed by atoms with Crippen molar-refractivity contribution in [2.75, 3.05) is 0 Å². The Balaban J connectivity index is 1.16. The second-order valence-corrected chi connectivity index (χ2v) is 13.7. The number of hydrogen-bond donors (Lipinski definition) is 0. The van der Waals surface area contributed by atoms with E-state index in [-0.39, 0.29) is 0 Å². The highest BCUT2D eigenvalue weighted by atomic mass is 15.0. The summed E-state index contributed by atoms with van der Waals surface area (Å²) < 4.78 is 2.38. The van der Waals surface area contributed by atoms with Crippen LogP contribution in [-0.2, 0) is 0 Å². The van der Waals surface area contributed by atoms with Crippen LogP contribution in [0.1, 0.15) is 0 Å². The van der Waals surface area contributed by atoms with Crippen LogP contribution >= 0.6 is 0 Å². The van der Waals surface area contributed by atoms with Crippen molar-refractivity contribution >= 4 is 21.8 Å². The van der Waals surface area contributed by atoms with Crippen LogP contribution in [0.15, 0.2) is 206 Å². The highest BCUT2D eigenvalue weighted by Gasteiger charge is 2.19. The summed E-state index contributed by atoms with van der Waals surface area (Å²) in [5.41, 5.74) is 13.0. The molecule has 0 aliphatic carbocycles. The van der Waals surface area contributed by atoms with E-state index in [0.717, 1.165) is 55.7 Å². The number of para-hydroxylation sites is 2. The first kappa shape index (κ1) is 32.2. The first-order valence-corrected chi connectivity index (χ1v) is 18.5. The highest BCUT2D eigenvalue weighted by molar-refractivity contribution is 6.09. The van der Waals surface area contributed by atoms with Crippen molar-refractivity contribution in [3.8, 4) is 73.2 Å². The molecule has 0 amide bonds. The molecule has 10 aromatic rings. The van der Waals surface area contributed by atoms with Crippen LogP contribution in [0.2, 0.25) is 0 Å². The molecule has 0 atom stereocenters. The van der Waals surface area contributed by atoms with Crippen LogP contribution < -0.4 is 0 Å². The Hall–Kier alpha value is -7.43. The molecule has 2 heterocycles. The fourth-order valence-corrected chi connectivity index (χ4v) is 7.60. The Bertz CT molecular complexity index is 2920. The molecule has 10 rings (SSSR count). The van der Waals surface area contributed by atoms with Crippen LogP contribution in [0.3, 0.4) is 0 Å². The van der Waals surface area contributed by atoms with Crippen molar-refractivity contribution in [3.63, 3.8) is 0 Å². The molecule has 2 aromatic heterocycles. The summed E-state index contributed by atoms with van der Waals surface area (Å²) in [5, 5.41) is 2.43. The van der Waals surface area contributed by atoms with Crippen LogP contribution in [0.5, 0.6) is 0 Å². The van der Waals surface area contributed by atoms with Crippen molar-refractivity contribution in [2.45, 2.75) is 0 Å². The van der Waals surface area contributed by atoms with Gasteiger partial charge in [-0.05, 0) is 58.1 Å². The molecular weight excluding hydrogens is 669 g/mol. The average molecular weight is 703 g/mol. The highest BCUT2D eigenvalue weighted by Crippen LogP contribution is 2.38. The van der Waals surface area contributed by atoms with Gasteiger partial charge in [0.05, 0.1) is 16.7 Å². The summed E-state index contributed by atoms with van der Waals surface area (Å²) in [6.45, 7) is 0. The zero-order valence-corrected chi connectivity index (χ0v) is 29.9. The predicted octanol–water partition coefficient (Wildman–Crippen LogP) is 13.0. The standard InChI is InChI=1S/C51H34N4/c1-4-16-35(17-5-1)38-22-14-23-39(32-38)40-24-15-25-41(33-40)50-52-49(37-20-8-3-9-21-37)53-51(54-50)42-30-31-43(36-18-6-2-7-19-36)48(34-42)55-46-28-12-10-26-44(46)45-27-11-13-29-47(45)55/h1-34H. The van der Waals surface area contributed by atoms with Gasteiger partial charge in [-0.3, -0.25) is 0 Å². The Labute approximate surface area is 319 Å². The van der Waals surface area contributed by atoms with Gasteiger partial charge < -0.3 is 4.57 Å². The van der Waals surface area contributed by atoms with Gasteiger partial charge in [0, 0.05) is 33.0 Å². The molecule has 55 heavy (non-hydrogen) atoms. The number of aromatic nitrogens is 4. The molecule has 258 valence electrons. The molecular formula is C51H34N4. The molecule has 8 aromatic carbocycles. The molecule has 0 spiro atoms. The molecule has 0 unspecified atom stereocenters. The maximum Gasteiger partial charge on any atom is 0.164 e. The third-order valence-corrected chi connectivity index (χ3v) is 10.3. The molecule has 0 radical (unpaired) electrons. The third kappa shape index (κ3) is 6.06. The summed E-state index contributed by atoms with van der Waals surface area (Å²) in [4.78, 5) is 15.5. The average Bonchev–Trinajstić information content (AvgIpc) is 3.61. The predicted molar refractivity (Wildman–Crippen MR) is 227 cm³/mol. The van der Waals surface area contributed by atoms with Gasteiger partial charge in [0.1, 0.15) is 0 Å². The summed E-state index contributed by atoms with van der Waals surface area (Å²) in [6.07, 6.45) is 0. The van der Waals surface area contributed by atoms with Gasteiger partial charge in [0.2, 0.25) is 0 Å². The minimum Gasteiger partial charge on any atom is -0.309 e. The smallest absolute Gasteiger partial charge is 0.164 e. The van der Waals surface area contributed by atoms with E-state index in [1.807, 2.05) is 24.3 Å². The summed E-state index contributed by atoms with van der Waals surface area (Å²) >= 11 is 0. The summed E-state index contributed by atoms with van der Waals surface area (Å²) in [7, 11) is 0. The van der Waals surface area contributed by atoms with E-state index >= 15 is 0 Å². The normalized spacial score (nSPS) is 11.3. The van der Waals surface area contributed by atoms with Gasteiger partial charge in [0.25, 0.3) is 0 Å². The van der Waals surface area contributed by atoms with E-state index in [1.165, 1.54) is 21.9 Å². The van der Waals surface area contributed by atoms with Gasteiger partial charge in [-0.15, -0.1) is 0 Å². The maximum atomic E-state index is 5.22. The minimum absolute atomic E-state index is 0.613. The van der Waals surface area contributed by atoms with Crippen LogP contribution in [0.4, 0.5) is 0 Å². The fourth-order valence-electron chi connectivity index (χ4n) is 7.60. The van der Waals surface area contributed by atoms with Gasteiger partial charge in [-0.25, -0.2) is 15.0 Å². The maximum absolute atomic E-state index is 5.22. The van der Waals surface area contributed by atoms with E-state index in [0.29, 0.717) is 17.5 Å². The van der Waals surface area contributed by atoms with E-state index in [4.69, 9.17) is 15.0 Å². The Morgan fingerprint density at radius 3 is 1.25 bits per heavy atom. The lowest BCUT2D eigenvalue weighted by atomic mass is 9.98. The second kappa shape index (κ2) is 13.8. The van der Waals surface area contributed by atoms with Crippen molar-refractivity contribution in [1.82, 2.24) is 19.5 Å². The number of fused-ring (bicyclic) bond motifs is 3. The molecule has 0 aliphatic heterocycles. The molecule has 0 saturated carbocycles. The number of benzene rings is 8. The molecule has 4 nitrogen and oxygen atoms in total. The number of rotatable bonds is 7. The molecule has 0 fully saturated rings. The summed E-state index contributed by atoms with van der Waals surface area (Å²) in [5.74, 6) is 1.86. The monoisotopic (exact) mass is 702 g/mol. The first-order chi connectivity index (χ1) is 27.3. The van der Waals surface area contributed by atoms with E-state index in [9.17, 15) is 0 Å². The zero-order chi connectivity index (χ0) is 36.6. The summed E-state index contributed by atoms with van der Waals surface area (Å²) in [6, 6.07) is 72.2. The SMILES string of the molecule is c1ccc(-c2cccc(-c3cccc(-c4nc(-c5ccccc5)nc(-c5ccc(-c6ccccc6)c(-n6c7ccccc7c7ccccc76)c5)n4)c3)c2)cc1. The third-order valence-electron chi connectivity index (χ3n) is 10.3. The zero-order valence-electron chi connectivity index (χ0n) is 29.9. The lowest BCUT2D eigenvalue weighted by molar-refractivity contribution is 1.07. The molecule has 0 saturated heterocycles. The number of nitrogens with zero attached hydrogens (tertiary/aromatic N) is 4. The Morgan fingerprint density at radius 1 is 0.273 bits per heavy atom. The Morgan fingerprint density at radius 2 is 0.673 bits per heavy atom. The van der Waals surface area contributed by atoms with Crippen LogP contribution in [0.25, 0.3) is 95.0 Å². The van der Waals surface area contributed by atoms with Crippen molar-refractivity contribution in [3.05, 3.63) is 206 Å². The quantitative estimate of drug-likeness (QED) is 0.166. The largest absolute Gasteiger partial charge is 0.309 e. The first-order valence-electron chi connectivity index (χ1n) is 18.5. The topological polar surface area (TPSA) is 43.6 Å². The van der Waals surface area contributed by atoms with Crippen molar-refractivity contribution in [1.29, 1.82) is 0 Å². The fraction of sp³-hybridized carbons (Fsp3) is 0. The van der Waals surface area contributed by atoms with Gasteiger partial charge in [0.15, 0.2) is 17.5 Å². The van der Waals surface area contributed by atoms with E-state index in [2.05, 4.69) is 187 Å². The van der Waals surface area contributed by atoms with Gasteiger partial charge in [-0.2, -0.15) is 0 Å². The van der Waals surface area contributed by atoms with Crippen LogP contribution in [0, 0.1) is 0 Å². The molecule has 0 bridgehead atoms. The van der Waals surface area contributed by atoms with E-state index in [1.54, 1.807) is 0 Å². The van der Waals surface area contributed by atoms with Crippen molar-refractivity contribution in [2.24, 2.45) is 0 Å². The minimum atomic E-state index is 0.613. The lowest BCUT2D eigenvalue weighted by Crippen LogP contribution is -2.02. The van der Waals surface area contributed by atoms with Crippen LogP contribution in [-0.4, -0.2) is 19.5 Å².